The van der Waals surface area contributed by atoms with E-state index in [4.69, 9.17) is 4.74 Å². The summed E-state index contributed by atoms with van der Waals surface area (Å²) in [6.45, 7) is 6.86. The van der Waals surface area contributed by atoms with Gasteiger partial charge in [0.25, 0.3) is 0 Å². The fourth-order valence-electron chi connectivity index (χ4n) is 2.58. The van der Waals surface area contributed by atoms with Crippen LogP contribution in [0.1, 0.15) is 38.9 Å². The lowest BCUT2D eigenvalue weighted by Gasteiger charge is -2.20. The summed E-state index contributed by atoms with van der Waals surface area (Å²) in [5.74, 6) is 1.39. The molecule has 1 fully saturated rings. The summed E-state index contributed by atoms with van der Waals surface area (Å²) in [5, 5.41) is 3.44. The molecule has 1 N–H and O–H groups in total. The monoisotopic (exact) mass is 276 g/mol. The number of nitrogens with one attached hydrogen (secondary N) is 1. The van der Waals surface area contributed by atoms with Gasteiger partial charge in [0, 0.05) is 7.05 Å². The van der Waals surface area contributed by atoms with E-state index in [-0.39, 0.29) is 18.1 Å². The van der Waals surface area contributed by atoms with E-state index >= 15 is 0 Å². The molecule has 0 bridgehead atoms. The molecule has 1 heterocycles. The van der Waals surface area contributed by atoms with Gasteiger partial charge in [0.2, 0.25) is 5.91 Å². The molecule has 0 radical (unpaired) electrons. The van der Waals surface area contributed by atoms with Crippen molar-refractivity contribution in [3.8, 4) is 5.75 Å². The first-order valence-electron chi connectivity index (χ1n) is 7.34. The molecule has 1 aromatic carbocycles. The first kappa shape index (κ1) is 14.9. The Morgan fingerprint density at radius 1 is 1.30 bits per heavy atom. The van der Waals surface area contributed by atoms with Gasteiger partial charge in [-0.1, -0.05) is 32.4 Å². The Morgan fingerprint density at radius 3 is 2.50 bits per heavy atom. The number of nitrogens with zero attached hydrogens (tertiary/aromatic N) is 1. The van der Waals surface area contributed by atoms with Gasteiger partial charge in [-0.2, -0.15) is 0 Å². The molecule has 3 unspecified atom stereocenters. The summed E-state index contributed by atoms with van der Waals surface area (Å²) in [7, 11) is 1.86. The van der Waals surface area contributed by atoms with Crippen molar-refractivity contribution in [2.45, 2.75) is 39.4 Å². The zero-order chi connectivity index (χ0) is 14.7. The van der Waals surface area contributed by atoms with Crippen molar-refractivity contribution in [1.29, 1.82) is 0 Å². The number of carbonyl (C=O) groups excluding carboxylic acids is 1. The van der Waals surface area contributed by atoms with Crippen LogP contribution in [-0.4, -0.2) is 30.5 Å². The van der Waals surface area contributed by atoms with Gasteiger partial charge in [0.1, 0.15) is 11.9 Å². The summed E-state index contributed by atoms with van der Waals surface area (Å²) < 4.78 is 5.45. The first-order chi connectivity index (χ1) is 9.58. The SMILES string of the molecule is CCOc1ccc(C2NC(C(C)CC)C(=O)N2C)cc1. The van der Waals surface area contributed by atoms with Gasteiger partial charge in [-0.05, 0) is 30.5 Å². The molecule has 4 heteroatoms. The summed E-state index contributed by atoms with van der Waals surface area (Å²) >= 11 is 0. The summed E-state index contributed by atoms with van der Waals surface area (Å²) in [6.07, 6.45) is 0.949. The molecule has 1 aromatic rings. The van der Waals surface area contributed by atoms with Crippen molar-refractivity contribution in [2.24, 2.45) is 5.92 Å². The lowest BCUT2D eigenvalue weighted by molar-refractivity contribution is -0.129. The predicted molar refractivity (Wildman–Crippen MR) is 79.5 cm³/mol. The molecule has 1 aliphatic rings. The fourth-order valence-corrected chi connectivity index (χ4v) is 2.58. The van der Waals surface area contributed by atoms with Crippen LogP contribution in [0.3, 0.4) is 0 Å². The first-order valence-corrected chi connectivity index (χ1v) is 7.34. The van der Waals surface area contributed by atoms with E-state index in [1.165, 1.54) is 0 Å². The van der Waals surface area contributed by atoms with Crippen molar-refractivity contribution in [1.82, 2.24) is 10.2 Å². The number of benzene rings is 1. The maximum Gasteiger partial charge on any atom is 0.241 e. The Kier molecular flexibility index (Phi) is 4.65. The van der Waals surface area contributed by atoms with Crippen molar-refractivity contribution >= 4 is 5.91 Å². The minimum Gasteiger partial charge on any atom is -0.494 e. The molecule has 1 saturated heterocycles. The molecule has 0 aliphatic carbocycles. The quantitative estimate of drug-likeness (QED) is 0.898. The van der Waals surface area contributed by atoms with Crippen LogP contribution in [0.5, 0.6) is 5.75 Å². The van der Waals surface area contributed by atoms with Gasteiger partial charge in [-0.3, -0.25) is 10.1 Å². The van der Waals surface area contributed by atoms with E-state index in [1.807, 2.05) is 38.2 Å². The number of amides is 1. The van der Waals surface area contributed by atoms with Gasteiger partial charge in [-0.25, -0.2) is 0 Å². The Bertz CT molecular complexity index is 458. The Hall–Kier alpha value is -1.55. The predicted octanol–water partition coefficient (Wildman–Crippen LogP) is 2.56. The van der Waals surface area contributed by atoms with E-state index in [9.17, 15) is 4.79 Å². The van der Waals surface area contributed by atoms with E-state index in [0.717, 1.165) is 17.7 Å². The Balaban J connectivity index is 2.14. The molecule has 20 heavy (non-hydrogen) atoms. The van der Waals surface area contributed by atoms with Gasteiger partial charge in [-0.15, -0.1) is 0 Å². The van der Waals surface area contributed by atoms with Crippen molar-refractivity contribution in [3.05, 3.63) is 29.8 Å². The van der Waals surface area contributed by atoms with Crippen molar-refractivity contribution in [2.75, 3.05) is 13.7 Å². The second-order valence-electron chi connectivity index (χ2n) is 5.38. The number of hydrogen-bond acceptors (Lipinski definition) is 3. The number of carbonyl (C=O) groups is 1. The third-order valence-electron chi connectivity index (χ3n) is 4.06. The molecule has 4 nitrogen and oxygen atoms in total. The van der Waals surface area contributed by atoms with Gasteiger partial charge in [0.15, 0.2) is 0 Å². The highest BCUT2D eigenvalue weighted by molar-refractivity contribution is 5.84. The highest BCUT2D eigenvalue weighted by Crippen LogP contribution is 2.28. The summed E-state index contributed by atoms with van der Waals surface area (Å²) in [4.78, 5) is 14.1. The van der Waals surface area contributed by atoms with Crippen molar-refractivity contribution < 1.29 is 9.53 Å². The van der Waals surface area contributed by atoms with Gasteiger partial charge < -0.3 is 9.64 Å². The molecule has 0 spiro atoms. The van der Waals surface area contributed by atoms with Crippen LogP contribution in [0.4, 0.5) is 0 Å². The zero-order valence-corrected chi connectivity index (χ0v) is 12.7. The fraction of sp³-hybridized carbons (Fsp3) is 0.562. The summed E-state index contributed by atoms with van der Waals surface area (Å²) in [5.41, 5.74) is 1.09. The van der Waals surface area contributed by atoms with Crippen LogP contribution in [0, 0.1) is 5.92 Å². The second kappa shape index (κ2) is 6.27. The van der Waals surface area contributed by atoms with Crippen LogP contribution in [-0.2, 0) is 4.79 Å². The van der Waals surface area contributed by atoms with Gasteiger partial charge in [0.05, 0.1) is 12.6 Å². The molecular formula is C16H24N2O2. The third kappa shape index (κ3) is 2.80. The normalized spacial score (nSPS) is 24.0. The van der Waals surface area contributed by atoms with Crippen LogP contribution >= 0.6 is 0 Å². The average Bonchev–Trinajstić information content (AvgIpc) is 2.76. The van der Waals surface area contributed by atoms with E-state index in [2.05, 4.69) is 19.2 Å². The maximum atomic E-state index is 12.3. The maximum absolute atomic E-state index is 12.3. The van der Waals surface area contributed by atoms with E-state index in [0.29, 0.717) is 12.5 Å². The van der Waals surface area contributed by atoms with Crippen LogP contribution in [0.15, 0.2) is 24.3 Å². The smallest absolute Gasteiger partial charge is 0.241 e. The largest absolute Gasteiger partial charge is 0.494 e. The van der Waals surface area contributed by atoms with Crippen molar-refractivity contribution in [3.63, 3.8) is 0 Å². The molecule has 3 atom stereocenters. The Morgan fingerprint density at radius 2 is 1.95 bits per heavy atom. The molecule has 1 amide bonds. The highest BCUT2D eigenvalue weighted by atomic mass is 16.5. The Labute approximate surface area is 121 Å². The lowest BCUT2D eigenvalue weighted by atomic mass is 9.99. The van der Waals surface area contributed by atoms with Crippen LogP contribution in [0.25, 0.3) is 0 Å². The minimum atomic E-state index is -0.0819. The second-order valence-corrected chi connectivity index (χ2v) is 5.38. The van der Waals surface area contributed by atoms with E-state index < -0.39 is 0 Å². The highest BCUT2D eigenvalue weighted by Gasteiger charge is 2.39. The molecule has 0 saturated carbocycles. The lowest BCUT2D eigenvalue weighted by Crippen LogP contribution is -2.35. The molecular weight excluding hydrogens is 252 g/mol. The summed E-state index contributed by atoms with van der Waals surface area (Å²) in [6, 6.07) is 7.86. The van der Waals surface area contributed by atoms with Crippen LogP contribution in [0.2, 0.25) is 0 Å². The molecule has 1 aliphatic heterocycles. The standard InChI is InChI=1S/C16H24N2O2/c1-5-11(3)14-16(19)18(4)15(17-14)12-7-9-13(10-8-12)20-6-2/h7-11,14-15,17H,5-6H2,1-4H3. The zero-order valence-electron chi connectivity index (χ0n) is 12.7. The molecule has 2 rings (SSSR count). The van der Waals surface area contributed by atoms with E-state index in [1.54, 1.807) is 4.90 Å². The van der Waals surface area contributed by atoms with Crippen LogP contribution < -0.4 is 10.1 Å². The third-order valence-corrected chi connectivity index (χ3v) is 4.06. The minimum absolute atomic E-state index is 0.0443. The number of rotatable bonds is 5. The van der Waals surface area contributed by atoms with Gasteiger partial charge >= 0.3 is 0 Å². The molecule has 110 valence electrons. The number of hydrogen-bond donors (Lipinski definition) is 1. The average molecular weight is 276 g/mol. The number of ether oxygens (including phenoxy) is 1. The number of likely N-dealkylation sites (N-methyl/N-ethyl adjacent to an activating group) is 1. The molecule has 0 aromatic heterocycles. The topological polar surface area (TPSA) is 41.6 Å².